The molecule has 0 amide bonds. The van der Waals surface area contributed by atoms with Crippen molar-refractivity contribution < 1.29 is 14.1 Å². The molecule has 0 atom stereocenters. The van der Waals surface area contributed by atoms with Crippen LogP contribution in [0.1, 0.15) is 5.56 Å². The molecule has 122 valence electrons. The van der Waals surface area contributed by atoms with Crippen molar-refractivity contribution in [1.82, 2.24) is 10.2 Å². The average Bonchev–Trinajstić information content (AvgIpc) is 3.09. The van der Waals surface area contributed by atoms with Crippen LogP contribution < -0.4 is 4.74 Å². The van der Waals surface area contributed by atoms with Gasteiger partial charge in [0, 0.05) is 23.4 Å². The zero-order valence-corrected chi connectivity index (χ0v) is 13.5. The van der Waals surface area contributed by atoms with Crippen molar-refractivity contribution in [2.45, 2.75) is 11.0 Å². The summed E-state index contributed by atoms with van der Waals surface area (Å²) in [6.07, 6.45) is 0. The second kappa shape index (κ2) is 7.14. The molecule has 0 aliphatic carbocycles. The fourth-order valence-electron chi connectivity index (χ4n) is 2.02. The first-order chi connectivity index (χ1) is 11.7. The third-order valence-electron chi connectivity index (χ3n) is 3.23. The van der Waals surface area contributed by atoms with Crippen LogP contribution >= 0.6 is 11.8 Å². The molecule has 0 unspecified atom stereocenters. The van der Waals surface area contributed by atoms with E-state index in [4.69, 9.17) is 9.15 Å². The molecule has 0 saturated heterocycles. The molecule has 0 aliphatic heterocycles. The van der Waals surface area contributed by atoms with Gasteiger partial charge in [-0.1, -0.05) is 23.9 Å². The molecule has 0 aliphatic rings. The normalized spacial score (nSPS) is 10.5. The number of nitro benzene ring substituents is 1. The lowest BCUT2D eigenvalue weighted by atomic mass is 10.2. The molecule has 0 radical (unpaired) electrons. The van der Waals surface area contributed by atoms with Crippen LogP contribution in [0.3, 0.4) is 0 Å². The van der Waals surface area contributed by atoms with E-state index in [0.29, 0.717) is 16.9 Å². The Balaban J connectivity index is 1.67. The molecular formula is C16H13N3O4S. The van der Waals surface area contributed by atoms with Gasteiger partial charge < -0.3 is 9.15 Å². The van der Waals surface area contributed by atoms with E-state index in [1.165, 1.54) is 23.9 Å². The quantitative estimate of drug-likeness (QED) is 0.380. The van der Waals surface area contributed by atoms with E-state index in [0.717, 1.165) is 16.9 Å². The molecule has 8 heteroatoms. The lowest BCUT2D eigenvalue weighted by Crippen LogP contribution is -1.89. The molecule has 7 nitrogen and oxygen atoms in total. The van der Waals surface area contributed by atoms with E-state index in [9.17, 15) is 10.1 Å². The van der Waals surface area contributed by atoms with Gasteiger partial charge in [-0.3, -0.25) is 10.1 Å². The van der Waals surface area contributed by atoms with Gasteiger partial charge in [0.05, 0.1) is 12.0 Å². The summed E-state index contributed by atoms with van der Waals surface area (Å²) in [5.41, 5.74) is 1.68. The zero-order chi connectivity index (χ0) is 16.9. The Labute approximate surface area is 141 Å². The summed E-state index contributed by atoms with van der Waals surface area (Å²) < 4.78 is 10.7. The maximum atomic E-state index is 10.8. The molecule has 0 spiro atoms. The van der Waals surface area contributed by atoms with Gasteiger partial charge in [-0.25, -0.2) is 0 Å². The van der Waals surface area contributed by atoms with Crippen LogP contribution in [0.15, 0.2) is 58.2 Å². The monoisotopic (exact) mass is 343 g/mol. The maximum absolute atomic E-state index is 10.8. The summed E-state index contributed by atoms with van der Waals surface area (Å²) in [7, 11) is 1.60. The first kappa shape index (κ1) is 16.0. The third-order valence-corrected chi connectivity index (χ3v) is 4.12. The predicted octanol–water partition coefficient (Wildman–Crippen LogP) is 3.95. The molecule has 1 heterocycles. The lowest BCUT2D eigenvalue weighted by molar-refractivity contribution is -0.384. The number of nitrogens with zero attached hydrogens (tertiary/aromatic N) is 3. The summed E-state index contributed by atoms with van der Waals surface area (Å²) in [6, 6.07) is 13.8. The van der Waals surface area contributed by atoms with Crippen LogP contribution in [0.5, 0.6) is 5.75 Å². The molecule has 0 fully saturated rings. The lowest BCUT2D eigenvalue weighted by Gasteiger charge is -1.99. The number of hydrogen-bond donors (Lipinski definition) is 0. The summed E-state index contributed by atoms with van der Waals surface area (Å²) >= 11 is 1.33. The summed E-state index contributed by atoms with van der Waals surface area (Å²) in [6.45, 7) is 0. The van der Waals surface area contributed by atoms with Crippen molar-refractivity contribution in [3.05, 3.63) is 64.2 Å². The smallest absolute Gasteiger partial charge is 0.277 e. The molecule has 2 aromatic carbocycles. The average molecular weight is 343 g/mol. The highest BCUT2D eigenvalue weighted by atomic mass is 32.2. The van der Waals surface area contributed by atoms with Crippen molar-refractivity contribution in [3.8, 4) is 17.2 Å². The molecule has 3 rings (SSSR count). The highest BCUT2D eigenvalue weighted by Gasteiger charge is 2.11. The second-order valence-electron chi connectivity index (χ2n) is 4.82. The molecule has 3 aromatic rings. The second-order valence-corrected chi connectivity index (χ2v) is 5.74. The number of non-ortho nitro benzene ring substituents is 1. The van der Waals surface area contributed by atoms with Crippen molar-refractivity contribution in [3.63, 3.8) is 0 Å². The van der Waals surface area contributed by atoms with Crippen LogP contribution in [0.4, 0.5) is 5.69 Å². The highest BCUT2D eigenvalue weighted by Crippen LogP contribution is 2.27. The maximum Gasteiger partial charge on any atom is 0.277 e. The minimum atomic E-state index is -0.414. The summed E-state index contributed by atoms with van der Waals surface area (Å²) in [5, 5.41) is 19.2. The van der Waals surface area contributed by atoms with Crippen LogP contribution in [-0.2, 0) is 5.75 Å². The molecule has 24 heavy (non-hydrogen) atoms. The molecular weight excluding hydrogens is 330 g/mol. The number of aromatic nitrogens is 2. The minimum Gasteiger partial charge on any atom is -0.497 e. The van der Waals surface area contributed by atoms with Gasteiger partial charge in [0.25, 0.3) is 10.9 Å². The Kier molecular flexibility index (Phi) is 4.76. The third kappa shape index (κ3) is 3.72. The van der Waals surface area contributed by atoms with Crippen LogP contribution in [0.2, 0.25) is 0 Å². The fourth-order valence-corrected chi connectivity index (χ4v) is 2.73. The molecule has 1 aromatic heterocycles. The van der Waals surface area contributed by atoms with Crippen molar-refractivity contribution >= 4 is 17.4 Å². The van der Waals surface area contributed by atoms with E-state index in [2.05, 4.69) is 10.2 Å². The summed E-state index contributed by atoms with van der Waals surface area (Å²) in [5.74, 6) is 1.67. The number of nitro groups is 1. The number of hydrogen-bond acceptors (Lipinski definition) is 7. The molecule has 0 N–H and O–H groups in total. The highest BCUT2D eigenvalue weighted by molar-refractivity contribution is 7.98. The topological polar surface area (TPSA) is 91.3 Å². The van der Waals surface area contributed by atoms with E-state index < -0.39 is 4.92 Å². The van der Waals surface area contributed by atoms with Gasteiger partial charge in [0.15, 0.2) is 0 Å². The Morgan fingerprint density at radius 3 is 2.71 bits per heavy atom. The SMILES string of the molecule is COc1ccc(-c2nnc(SCc3cccc([N+](=O)[O-])c3)o2)cc1. The minimum absolute atomic E-state index is 0.0672. The van der Waals surface area contributed by atoms with Gasteiger partial charge in [0.1, 0.15) is 5.75 Å². The number of rotatable bonds is 6. The largest absolute Gasteiger partial charge is 0.497 e. The fraction of sp³-hybridized carbons (Fsp3) is 0.125. The molecule has 0 saturated carbocycles. The van der Waals surface area contributed by atoms with E-state index in [-0.39, 0.29) is 5.69 Å². The number of ether oxygens (including phenoxy) is 1. The van der Waals surface area contributed by atoms with Crippen LogP contribution in [0, 0.1) is 10.1 Å². The van der Waals surface area contributed by atoms with Crippen molar-refractivity contribution in [2.75, 3.05) is 7.11 Å². The Morgan fingerprint density at radius 2 is 2.00 bits per heavy atom. The van der Waals surface area contributed by atoms with E-state index in [1.54, 1.807) is 13.2 Å². The van der Waals surface area contributed by atoms with Gasteiger partial charge >= 0.3 is 0 Å². The first-order valence-electron chi connectivity index (χ1n) is 7.00. The first-order valence-corrected chi connectivity index (χ1v) is 7.98. The summed E-state index contributed by atoms with van der Waals surface area (Å²) in [4.78, 5) is 10.4. The number of methoxy groups -OCH3 is 1. The molecule has 0 bridgehead atoms. The van der Waals surface area contributed by atoms with Crippen molar-refractivity contribution in [1.29, 1.82) is 0 Å². The number of thioether (sulfide) groups is 1. The van der Waals surface area contributed by atoms with Crippen LogP contribution in [0.25, 0.3) is 11.5 Å². The van der Waals surface area contributed by atoms with Crippen molar-refractivity contribution in [2.24, 2.45) is 0 Å². The predicted molar refractivity (Wildman–Crippen MR) is 88.9 cm³/mol. The van der Waals surface area contributed by atoms with E-state index in [1.807, 2.05) is 30.3 Å². The number of benzene rings is 2. The van der Waals surface area contributed by atoms with Gasteiger partial charge in [-0.2, -0.15) is 0 Å². The Hall–Kier alpha value is -2.87. The standard InChI is InChI=1S/C16H13N3O4S/c1-22-14-7-5-12(6-8-14)15-17-18-16(23-15)24-10-11-3-2-4-13(9-11)19(20)21/h2-9H,10H2,1H3. The van der Waals surface area contributed by atoms with Gasteiger partial charge in [-0.15, -0.1) is 10.2 Å². The zero-order valence-electron chi connectivity index (χ0n) is 12.7. The van der Waals surface area contributed by atoms with Crippen LogP contribution in [-0.4, -0.2) is 22.2 Å². The Bertz CT molecular complexity index is 849. The Morgan fingerprint density at radius 1 is 1.21 bits per heavy atom. The van der Waals surface area contributed by atoms with Gasteiger partial charge in [-0.05, 0) is 29.8 Å². The van der Waals surface area contributed by atoms with E-state index >= 15 is 0 Å². The van der Waals surface area contributed by atoms with Gasteiger partial charge in [0.2, 0.25) is 5.89 Å².